The van der Waals surface area contributed by atoms with E-state index in [9.17, 15) is 0 Å². The monoisotopic (exact) mass is 403 g/mol. The van der Waals surface area contributed by atoms with Crippen LogP contribution in [0.15, 0.2) is 18.2 Å². The second-order valence-electron chi connectivity index (χ2n) is 2.04. The van der Waals surface area contributed by atoms with E-state index in [4.69, 9.17) is 35.0 Å². The molecule has 4 N–H and O–H groups in total. The summed E-state index contributed by atoms with van der Waals surface area (Å²) >= 11 is -0.472. The molecule has 0 aromatic heterocycles. The first-order valence-corrected chi connectivity index (χ1v) is 8.80. The molecule has 0 atom stereocenters. The number of methoxy groups -OCH3 is 1. The van der Waals surface area contributed by atoms with Crippen molar-refractivity contribution in [3.63, 3.8) is 0 Å². The first-order valence-electron chi connectivity index (χ1n) is 3.17. The average Bonchev–Trinajstić information content (AvgIpc) is 2.11. The Bertz CT molecular complexity index is 260. The zero-order chi connectivity index (χ0) is 10.3. The van der Waals surface area contributed by atoms with Crippen molar-refractivity contribution in [1.29, 1.82) is 0 Å². The molecule has 3 nitrogen and oxygen atoms in total. The van der Waals surface area contributed by atoms with Crippen molar-refractivity contribution in [2.24, 2.45) is 0 Å². The number of anilines is 2. The van der Waals surface area contributed by atoms with Crippen LogP contribution in [-0.2, 0) is 16.5 Å². The maximum absolute atomic E-state index is 5.49. The van der Waals surface area contributed by atoms with Gasteiger partial charge in [-0.05, 0) is 12.1 Å². The number of ether oxygens (including phenoxy) is 1. The normalized spacial score (nSPS) is 8.85. The third kappa shape index (κ3) is 5.24. The molecular weight excluding hydrogens is 394 g/mol. The molecule has 1 rings (SSSR count). The summed E-state index contributed by atoms with van der Waals surface area (Å²) in [6, 6.07) is 5.18. The Balaban J connectivity index is 0.000000424. The van der Waals surface area contributed by atoms with E-state index in [2.05, 4.69) is 0 Å². The van der Waals surface area contributed by atoms with Gasteiger partial charge in [-0.1, -0.05) is 0 Å². The van der Waals surface area contributed by atoms with E-state index >= 15 is 0 Å². The summed E-state index contributed by atoms with van der Waals surface area (Å²) in [5, 5.41) is 0. The minimum atomic E-state index is -0.472. The molecule has 0 spiro atoms. The van der Waals surface area contributed by atoms with Crippen molar-refractivity contribution in [3.8, 4) is 5.75 Å². The van der Waals surface area contributed by atoms with Gasteiger partial charge in [0.1, 0.15) is 5.75 Å². The van der Waals surface area contributed by atoms with E-state index in [1.165, 1.54) is 0 Å². The Morgan fingerprint density at radius 1 is 1.23 bits per heavy atom. The van der Waals surface area contributed by atoms with E-state index in [-0.39, 0.29) is 0 Å². The molecule has 0 fully saturated rings. The summed E-state index contributed by atoms with van der Waals surface area (Å²) < 4.78 is 4.91. The van der Waals surface area contributed by atoms with Crippen LogP contribution in [0.25, 0.3) is 0 Å². The van der Waals surface area contributed by atoms with Crippen LogP contribution in [-0.4, -0.2) is 7.11 Å². The van der Waals surface area contributed by atoms with Gasteiger partial charge in [0.25, 0.3) is 0 Å². The SMILES string of the molecule is COc1ccc(N)c(N)c1.[Cl][Pt][Cl]. The Labute approximate surface area is 93.7 Å². The summed E-state index contributed by atoms with van der Waals surface area (Å²) in [6.45, 7) is 0. The molecule has 0 saturated carbocycles. The minimum absolute atomic E-state index is 0.472. The van der Waals surface area contributed by atoms with Crippen LogP contribution in [0, 0.1) is 0 Å². The van der Waals surface area contributed by atoms with Crippen LogP contribution in [0.3, 0.4) is 0 Å². The predicted molar refractivity (Wildman–Crippen MR) is 53.5 cm³/mol. The van der Waals surface area contributed by atoms with Gasteiger partial charge in [0, 0.05) is 6.07 Å². The molecule has 0 radical (unpaired) electrons. The second kappa shape index (κ2) is 7.31. The fraction of sp³-hybridized carbons (Fsp3) is 0.143. The van der Waals surface area contributed by atoms with Gasteiger partial charge in [0.2, 0.25) is 0 Å². The van der Waals surface area contributed by atoms with E-state index < -0.39 is 16.5 Å². The Morgan fingerprint density at radius 3 is 2.15 bits per heavy atom. The number of nitrogens with two attached hydrogens (primary N) is 2. The third-order valence-electron chi connectivity index (χ3n) is 1.29. The molecule has 6 heteroatoms. The van der Waals surface area contributed by atoms with Crippen LogP contribution >= 0.6 is 18.8 Å². The Kier molecular flexibility index (Phi) is 7.24. The van der Waals surface area contributed by atoms with Gasteiger partial charge in [0.05, 0.1) is 18.5 Å². The van der Waals surface area contributed by atoms with Gasteiger partial charge in [-0.15, -0.1) is 0 Å². The van der Waals surface area contributed by atoms with Gasteiger partial charge in [-0.2, -0.15) is 0 Å². The molecule has 0 saturated heterocycles. The van der Waals surface area contributed by atoms with Crippen LogP contribution in [0.4, 0.5) is 11.4 Å². The van der Waals surface area contributed by atoms with E-state index in [0.717, 1.165) is 5.75 Å². The first-order chi connectivity index (χ1) is 6.15. The number of benzene rings is 1. The summed E-state index contributed by atoms with van der Waals surface area (Å²) in [5.41, 5.74) is 12.1. The summed E-state index contributed by atoms with van der Waals surface area (Å²) in [4.78, 5) is 0. The summed E-state index contributed by atoms with van der Waals surface area (Å²) in [5.74, 6) is 0.728. The van der Waals surface area contributed by atoms with Crippen LogP contribution in [0.5, 0.6) is 5.75 Å². The molecule has 13 heavy (non-hydrogen) atoms. The molecule has 0 heterocycles. The maximum atomic E-state index is 5.49. The Hall–Kier alpha value is -0.112. The van der Waals surface area contributed by atoms with Crippen molar-refractivity contribution in [2.45, 2.75) is 0 Å². The number of hydrogen-bond donors (Lipinski definition) is 2. The van der Waals surface area contributed by atoms with Crippen LogP contribution in [0.1, 0.15) is 0 Å². The number of rotatable bonds is 1. The van der Waals surface area contributed by atoms with Crippen molar-refractivity contribution in [2.75, 3.05) is 18.6 Å². The number of hydrogen-bond acceptors (Lipinski definition) is 3. The van der Waals surface area contributed by atoms with Gasteiger partial charge >= 0.3 is 35.3 Å². The number of nitrogen functional groups attached to an aromatic ring is 2. The zero-order valence-corrected chi connectivity index (χ0v) is 10.7. The molecule has 0 unspecified atom stereocenters. The quantitative estimate of drug-likeness (QED) is 0.706. The van der Waals surface area contributed by atoms with Crippen molar-refractivity contribution >= 4 is 30.2 Å². The van der Waals surface area contributed by atoms with Gasteiger partial charge in [-0.3, -0.25) is 0 Å². The van der Waals surface area contributed by atoms with E-state index in [1.807, 2.05) is 0 Å². The molecular formula is C7H10Cl2N2OPt. The molecule has 1 aromatic carbocycles. The van der Waals surface area contributed by atoms with Gasteiger partial charge in [0.15, 0.2) is 0 Å². The summed E-state index contributed by atoms with van der Waals surface area (Å²) in [7, 11) is 11.3. The zero-order valence-electron chi connectivity index (χ0n) is 6.87. The third-order valence-corrected chi connectivity index (χ3v) is 1.29. The fourth-order valence-corrected chi connectivity index (χ4v) is 0.680. The van der Waals surface area contributed by atoms with Crippen LogP contribution < -0.4 is 16.2 Å². The molecule has 1 aromatic rings. The van der Waals surface area contributed by atoms with E-state index in [0.29, 0.717) is 11.4 Å². The van der Waals surface area contributed by atoms with Crippen molar-refractivity contribution in [3.05, 3.63) is 18.2 Å². The van der Waals surface area contributed by atoms with Crippen molar-refractivity contribution < 1.29 is 21.2 Å². The fourth-order valence-electron chi connectivity index (χ4n) is 0.680. The molecule has 0 bridgehead atoms. The molecule has 0 aliphatic rings. The average molecular weight is 404 g/mol. The van der Waals surface area contributed by atoms with E-state index in [1.54, 1.807) is 25.3 Å². The molecule has 0 aliphatic carbocycles. The summed E-state index contributed by atoms with van der Waals surface area (Å²) in [6.07, 6.45) is 0. The Morgan fingerprint density at radius 2 is 1.77 bits per heavy atom. The second-order valence-corrected chi connectivity index (χ2v) is 5.32. The van der Waals surface area contributed by atoms with Crippen molar-refractivity contribution in [1.82, 2.24) is 0 Å². The molecule has 0 amide bonds. The van der Waals surface area contributed by atoms with Crippen LogP contribution in [0.2, 0.25) is 0 Å². The first kappa shape index (κ1) is 12.9. The number of halogens is 2. The standard InChI is InChI=1S/C7H10N2O.2ClH.Pt/c1-10-5-2-3-6(8)7(9)4-5;;;/h2-4H,8-9H2,1H3;2*1H;/q;;;+2/p-2. The van der Waals surface area contributed by atoms with Gasteiger partial charge < -0.3 is 16.2 Å². The predicted octanol–water partition coefficient (Wildman–Crippen LogP) is 2.24. The topological polar surface area (TPSA) is 61.3 Å². The van der Waals surface area contributed by atoms with Gasteiger partial charge in [-0.25, -0.2) is 0 Å². The molecule has 0 aliphatic heterocycles. The molecule has 78 valence electrons.